The van der Waals surface area contributed by atoms with Crippen LogP contribution in [0.3, 0.4) is 0 Å². The number of likely N-dealkylation sites (N-methyl/N-ethyl adjacent to an activating group) is 1. The highest BCUT2D eigenvalue weighted by Crippen LogP contribution is 2.60. The minimum absolute atomic E-state index is 0.0309. The van der Waals surface area contributed by atoms with Gasteiger partial charge in [0.05, 0.1) is 7.11 Å². The average Bonchev–Trinajstić information content (AvgIpc) is 2.70. The van der Waals surface area contributed by atoms with Crippen LogP contribution in [0.1, 0.15) is 63.5 Å². The largest absolute Gasteiger partial charge is 0.496 e. The maximum absolute atomic E-state index is 13.5. The second-order valence-electron chi connectivity index (χ2n) is 10.9. The van der Waals surface area contributed by atoms with Gasteiger partial charge < -0.3 is 15.0 Å². The summed E-state index contributed by atoms with van der Waals surface area (Å²) in [6.45, 7) is 6.53. The van der Waals surface area contributed by atoms with Gasteiger partial charge in [0.2, 0.25) is 11.8 Å². The van der Waals surface area contributed by atoms with E-state index in [1.54, 1.807) is 12.0 Å². The van der Waals surface area contributed by atoms with Gasteiger partial charge in [0.1, 0.15) is 11.8 Å². The number of nitrogens with one attached hydrogen (secondary N) is 1. The van der Waals surface area contributed by atoms with E-state index in [4.69, 9.17) is 4.74 Å². The molecule has 170 valence electrons. The summed E-state index contributed by atoms with van der Waals surface area (Å²) in [4.78, 5) is 28.7. The fraction of sp³-hybridized carbons (Fsp3) is 0.692. The van der Waals surface area contributed by atoms with E-state index in [9.17, 15) is 9.59 Å². The van der Waals surface area contributed by atoms with Crippen molar-refractivity contribution in [1.82, 2.24) is 10.2 Å². The molecule has 1 N–H and O–H groups in total. The Hall–Kier alpha value is -2.04. The first-order valence-corrected chi connectivity index (χ1v) is 11.9. The molecule has 0 unspecified atom stereocenters. The van der Waals surface area contributed by atoms with Crippen LogP contribution in [0, 0.1) is 36.0 Å². The van der Waals surface area contributed by atoms with Crippen molar-refractivity contribution in [3.63, 3.8) is 0 Å². The van der Waals surface area contributed by atoms with E-state index in [2.05, 4.69) is 11.4 Å². The van der Waals surface area contributed by atoms with Gasteiger partial charge in [-0.2, -0.15) is 0 Å². The molecule has 0 aromatic heterocycles. The highest BCUT2D eigenvalue weighted by molar-refractivity contribution is 5.90. The number of hydrogen-bond acceptors (Lipinski definition) is 3. The Morgan fingerprint density at radius 1 is 1.13 bits per heavy atom. The van der Waals surface area contributed by atoms with Crippen LogP contribution in [0.5, 0.6) is 5.75 Å². The molecule has 4 bridgehead atoms. The standard InChI is InChI=1S/C26H38N2O3/c1-16(2)23(24(29)28(4)15-21-8-17(3)6-7-22(21)31-5)27-25(30)26-12-18-9-19(13-26)11-20(10-18)14-26/h6-8,16,18-20,23H,9-15H2,1-5H3,(H,27,30)/t18?,19?,20?,23-,26?/m0/s1. The molecule has 4 aliphatic carbocycles. The minimum atomic E-state index is -0.499. The molecular weight excluding hydrogens is 388 g/mol. The lowest BCUT2D eigenvalue weighted by molar-refractivity contribution is -0.150. The predicted molar refractivity (Wildman–Crippen MR) is 122 cm³/mol. The Morgan fingerprint density at radius 3 is 2.23 bits per heavy atom. The summed E-state index contributed by atoms with van der Waals surface area (Å²) in [6, 6.07) is 5.51. The number of benzene rings is 1. The second-order valence-corrected chi connectivity index (χ2v) is 10.9. The fourth-order valence-electron chi connectivity index (χ4n) is 6.80. The van der Waals surface area contributed by atoms with E-state index in [0.717, 1.165) is 36.1 Å². The zero-order valence-electron chi connectivity index (χ0n) is 19.7. The van der Waals surface area contributed by atoms with Gasteiger partial charge in [-0.05, 0) is 75.2 Å². The van der Waals surface area contributed by atoms with Gasteiger partial charge in [-0.25, -0.2) is 0 Å². The van der Waals surface area contributed by atoms with Crippen molar-refractivity contribution in [2.45, 2.75) is 71.9 Å². The SMILES string of the molecule is COc1ccc(C)cc1CN(C)C(=O)[C@@H](NC(=O)C12CC3CC(CC(C3)C1)C2)C(C)C. The number of methoxy groups -OCH3 is 1. The molecule has 2 amide bonds. The van der Waals surface area contributed by atoms with Crippen molar-refractivity contribution in [3.8, 4) is 5.75 Å². The highest BCUT2D eigenvalue weighted by Gasteiger charge is 2.55. The summed E-state index contributed by atoms with van der Waals surface area (Å²) in [5.41, 5.74) is 1.88. The summed E-state index contributed by atoms with van der Waals surface area (Å²) >= 11 is 0. The summed E-state index contributed by atoms with van der Waals surface area (Å²) in [5, 5.41) is 3.22. The molecule has 4 saturated carbocycles. The zero-order valence-corrected chi connectivity index (χ0v) is 19.7. The van der Waals surface area contributed by atoms with Gasteiger partial charge in [0, 0.05) is 24.6 Å². The van der Waals surface area contributed by atoms with Crippen LogP contribution >= 0.6 is 0 Å². The number of aryl methyl sites for hydroxylation is 1. The number of carbonyl (C=O) groups excluding carboxylic acids is 2. The van der Waals surface area contributed by atoms with Crippen molar-refractivity contribution >= 4 is 11.8 Å². The molecule has 0 spiro atoms. The molecule has 5 heteroatoms. The Bertz CT molecular complexity index is 812. The third-order valence-electron chi connectivity index (χ3n) is 7.96. The second kappa shape index (κ2) is 8.48. The number of ether oxygens (including phenoxy) is 1. The van der Waals surface area contributed by atoms with Gasteiger partial charge in [0.15, 0.2) is 0 Å². The molecular formula is C26H38N2O3. The van der Waals surface area contributed by atoms with Gasteiger partial charge in [-0.1, -0.05) is 31.5 Å². The van der Waals surface area contributed by atoms with Gasteiger partial charge in [0.25, 0.3) is 0 Å². The van der Waals surface area contributed by atoms with Crippen LogP contribution < -0.4 is 10.1 Å². The first-order chi connectivity index (χ1) is 14.7. The topological polar surface area (TPSA) is 58.6 Å². The molecule has 5 nitrogen and oxygen atoms in total. The molecule has 1 aromatic carbocycles. The molecule has 1 atom stereocenters. The normalized spacial score (nSPS) is 29.7. The number of nitrogens with zero attached hydrogens (tertiary/aromatic N) is 1. The molecule has 0 radical (unpaired) electrons. The molecule has 1 aromatic rings. The highest BCUT2D eigenvalue weighted by atomic mass is 16.5. The van der Waals surface area contributed by atoms with E-state index < -0.39 is 6.04 Å². The van der Waals surface area contributed by atoms with Gasteiger partial charge in [-0.15, -0.1) is 0 Å². The lowest BCUT2D eigenvalue weighted by Crippen LogP contribution is -2.58. The molecule has 0 heterocycles. The minimum Gasteiger partial charge on any atom is -0.496 e. The van der Waals surface area contributed by atoms with Crippen molar-refractivity contribution in [2.24, 2.45) is 29.1 Å². The van der Waals surface area contributed by atoms with Crippen molar-refractivity contribution in [3.05, 3.63) is 29.3 Å². The molecule has 0 saturated heterocycles. The van der Waals surface area contributed by atoms with Gasteiger partial charge >= 0.3 is 0 Å². The number of amides is 2. The lowest BCUT2D eigenvalue weighted by Gasteiger charge is -2.56. The monoisotopic (exact) mass is 426 g/mol. The fourth-order valence-corrected chi connectivity index (χ4v) is 6.80. The molecule has 31 heavy (non-hydrogen) atoms. The molecule has 4 aliphatic rings. The predicted octanol–water partition coefficient (Wildman–Crippen LogP) is 4.32. The summed E-state index contributed by atoms with van der Waals surface area (Å²) in [5.74, 6) is 3.04. The summed E-state index contributed by atoms with van der Waals surface area (Å²) < 4.78 is 5.48. The van der Waals surface area contributed by atoms with E-state index in [1.165, 1.54) is 19.3 Å². The van der Waals surface area contributed by atoms with Crippen LogP contribution in [0.25, 0.3) is 0 Å². The van der Waals surface area contributed by atoms with Crippen molar-refractivity contribution in [1.29, 1.82) is 0 Å². The third-order valence-corrected chi connectivity index (χ3v) is 7.96. The maximum Gasteiger partial charge on any atom is 0.245 e. The summed E-state index contributed by atoms with van der Waals surface area (Å²) in [7, 11) is 3.47. The third kappa shape index (κ3) is 4.33. The maximum atomic E-state index is 13.5. The average molecular weight is 427 g/mol. The number of hydrogen-bond donors (Lipinski definition) is 1. The van der Waals surface area contributed by atoms with E-state index in [1.807, 2.05) is 40.0 Å². The number of rotatable bonds is 7. The molecule has 4 fully saturated rings. The molecule has 5 rings (SSSR count). The quantitative estimate of drug-likeness (QED) is 0.706. The van der Waals surface area contributed by atoms with Crippen LogP contribution in [-0.4, -0.2) is 36.9 Å². The Kier molecular flexibility index (Phi) is 6.06. The molecule has 0 aliphatic heterocycles. The van der Waals surface area contributed by atoms with Crippen LogP contribution in [-0.2, 0) is 16.1 Å². The van der Waals surface area contributed by atoms with E-state index in [0.29, 0.717) is 24.3 Å². The Morgan fingerprint density at radius 2 is 1.71 bits per heavy atom. The van der Waals surface area contributed by atoms with Crippen LogP contribution in [0.15, 0.2) is 18.2 Å². The first-order valence-electron chi connectivity index (χ1n) is 11.9. The van der Waals surface area contributed by atoms with Crippen LogP contribution in [0.4, 0.5) is 0 Å². The van der Waals surface area contributed by atoms with Gasteiger partial charge in [-0.3, -0.25) is 9.59 Å². The van der Waals surface area contributed by atoms with Crippen LogP contribution in [0.2, 0.25) is 0 Å². The smallest absolute Gasteiger partial charge is 0.245 e. The Balaban J connectivity index is 1.47. The van der Waals surface area contributed by atoms with Crippen molar-refractivity contribution < 1.29 is 14.3 Å². The number of carbonyl (C=O) groups is 2. The zero-order chi connectivity index (χ0) is 22.3. The van der Waals surface area contributed by atoms with E-state index >= 15 is 0 Å². The Labute approximate surface area is 186 Å². The first kappa shape index (κ1) is 22.2. The van der Waals surface area contributed by atoms with E-state index in [-0.39, 0.29) is 23.1 Å². The van der Waals surface area contributed by atoms with Crippen molar-refractivity contribution in [2.75, 3.05) is 14.2 Å². The lowest BCUT2D eigenvalue weighted by atomic mass is 9.49. The summed E-state index contributed by atoms with van der Waals surface area (Å²) in [6.07, 6.45) is 6.96.